The van der Waals surface area contributed by atoms with Gasteiger partial charge in [-0.05, 0) is 44.3 Å². The van der Waals surface area contributed by atoms with Crippen LogP contribution < -0.4 is 5.32 Å². The zero-order valence-corrected chi connectivity index (χ0v) is 34.6. The van der Waals surface area contributed by atoms with Gasteiger partial charge < -0.3 is 29.3 Å². The molecule has 0 saturated heterocycles. The first-order valence-electron chi connectivity index (χ1n) is 21.9. The molecular formula is C46H73N3O6. The van der Waals surface area contributed by atoms with E-state index in [0.29, 0.717) is 37.6 Å². The maximum atomic E-state index is 14.2. The molecule has 0 aromatic rings. The average Bonchev–Trinajstić information content (AvgIpc) is 3.19. The van der Waals surface area contributed by atoms with Gasteiger partial charge in [0.05, 0.1) is 44.1 Å². The van der Waals surface area contributed by atoms with Gasteiger partial charge in [-0.1, -0.05) is 154 Å². The Hall–Kier alpha value is -3.75. The number of rotatable bonds is 30. The first-order chi connectivity index (χ1) is 27.0. The zero-order valence-electron chi connectivity index (χ0n) is 34.6. The third kappa shape index (κ3) is 17.7. The van der Waals surface area contributed by atoms with E-state index in [-0.39, 0.29) is 31.0 Å². The Morgan fingerprint density at radius 2 is 0.927 bits per heavy atom. The first kappa shape index (κ1) is 45.6. The van der Waals surface area contributed by atoms with Crippen molar-refractivity contribution in [3.8, 4) is 0 Å². The highest BCUT2D eigenvalue weighted by Gasteiger charge is 2.44. The van der Waals surface area contributed by atoms with Crippen molar-refractivity contribution < 1.29 is 28.6 Å². The molecule has 0 bridgehead atoms. The van der Waals surface area contributed by atoms with Crippen molar-refractivity contribution in [2.24, 2.45) is 5.92 Å². The molecule has 3 heterocycles. The number of unbranched alkanes of at least 4 members (excludes halogenated alkanes) is 18. The summed E-state index contributed by atoms with van der Waals surface area (Å²) in [6.07, 6.45) is 39.2. The molecule has 0 amide bonds. The number of carbonyl (C=O) groups is 3. The van der Waals surface area contributed by atoms with Crippen LogP contribution in [0.4, 0.5) is 0 Å². The molecule has 0 radical (unpaired) electrons. The number of carbonyl (C=O) groups excluding carboxylic acids is 3. The minimum atomic E-state index is -1.28. The van der Waals surface area contributed by atoms with E-state index in [2.05, 4.69) is 29.0 Å². The number of dihydropyridines is 1. The highest BCUT2D eigenvalue weighted by Crippen LogP contribution is 2.34. The Morgan fingerprint density at radius 3 is 1.27 bits per heavy atom. The standard InChI is InChI=1S/C46H73N3O6/c1-4-7-9-11-13-15-17-19-21-29-35-54-44(50)41-39(37-48-31-25-23-26-32-48)47-40(38-49-33-27-24-28-34-49)42(43(41)46(52)53-6-3)45(51)55-36-30-22-20-18-16-14-12-10-8-5-2/h23-28,31,33,43,47H,4-22,29-30,32,34-38H2,1-3H3. The minimum Gasteiger partial charge on any atom is -0.465 e. The van der Waals surface area contributed by atoms with Crippen LogP contribution in [-0.4, -0.2) is 73.7 Å². The SMILES string of the molecule is CCCCCCCCCCCCOC(=O)C1=C(CN2C=CC=CC2)NC(CN2C=CC=CC2)=C(C(=O)OCCCCCCCCCCCC)C1C(=O)OCC. The molecule has 0 saturated carbocycles. The van der Waals surface area contributed by atoms with Gasteiger partial charge >= 0.3 is 17.9 Å². The van der Waals surface area contributed by atoms with E-state index in [1.807, 2.05) is 48.9 Å². The quantitative estimate of drug-likeness (QED) is 0.0436. The lowest BCUT2D eigenvalue weighted by atomic mass is 9.84. The molecule has 3 aliphatic rings. The summed E-state index contributed by atoms with van der Waals surface area (Å²) in [5.74, 6) is -3.14. The van der Waals surface area contributed by atoms with Crippen LogP contribution >= 0.6 is 0 Å². The molecule has 9 nitrogen and oxygen atoms in total. The van der Waals surface area contributed by atoms with Crippen molar-refractivity contribution in [2.75, 3.05) is 46.0 Å². The Labute approximate surface area is 333 Å². The van der Waals surface area contributed by atoms with Gasteiger partial charge in [0.1, 0.15) is 5.92 Å². The Bertz CT molecular complexity index is 1240. The molecule has 0 aromatic carbocycles. The number of ether oxygens (including phenoxy) is 3. The van der Waals surface area contributed by atoms with Crippen LogP contribution in [0.15, 0.2) is 71.4 Å². The Morgan fingerprint density at radius 1 is 0.545 bits per heavy atom. The van der Waals surface area contributed by atoms with Crippen LogP contribution in [0.1, 0.15) is 149 Å². The van der Waals surface area contributed by atoms with Gasteiger partial charge in [0, 0.05) is 24.5 Å². The van der Waals surface area contributed by atoms with Gasteiger partial charge in [-0.25, -0.2) is 9.59 Å². The van der Waals surface area contributed by atoms with E-state index < -0.39 is 23.8 Å². The monoisotopic (exact) mass is 764 g/mol. The summed E-state index contributed by atoms with van der Waals surface area (Å²) in [7, 11) is 0. The van der Waals surface area contributed by atoms with E-state index >= 15 is 0 Å². The van der Waals surface area contributed by atoms with Crippen molar-refractivity contribution in [2.45, 2.75) is 149 Å². The molecule has 9 heteroatoms. The second-order valence-corrected chi connectivity index (χ2v) is 15.1. The summed E-state index contributed by atoms with van der Waals surface area (Å²) in [4.78, 5) is 46.5. The highest BCUT2D eigenvalue weighted by atomic mass is 16.5. The van der Waals surface area contributed by atoms with Crippen LogP contribution in [-0.2, 0) is 28.6 Å². The third-order valence-corrected chi connectivity index (χ3v) is 10.4. The summed E-state index contributed by atoms with van der Waals surface area (Å²) in [5.41, 5.74) is 1.31. The van der Waals surface area contributed by atoms with Crippen LogP contribution in [0, 0.1) is 5.92 Å². The number of nitrogens with zero attached hydrogens (tertiary/aromatic N) is 2. The number of nitrogens with one attached hydrogen (secondary N) is 1. The fraction of sp³-hybridized carbons (Fsp3) is 0.674. The van der Waals surface area contributed by atoms with Crippen LogP contribution in [0.3, 0.4) is 0 Å². The van der Waals surface area contributed by atoms with E-state index in [1.165, 1.54) is 89.9 Å². The molecule has 0 unspecified atom stereocenters. The number of allylic oxidation sites excluding steroid dienone is 4. The fourth-order valence-electron chi connectivity index (χ4n) is 7.32. The van der Waals surface area contributed by atoms with Gasteiger partial charge in [0.2, 0.25) is 0 Å². The van der Waals surface area contributed by atoms with E-state index in [1.54, 1.807) is 6.92 Å². The largest absolute Gasteiger partial charge is 0.465 e. The topological polar surface area (TPSA) is 97.4 Å². The number of hydrogen-bond acceptors (Lipinski definition) is 9. The van der Waals surface area contributed by atoms with Crippen molar-refractivity contribution >= 4 is 17.9 Å². The van der Waals surface area contributed by atoms with Gasteiger partial charge in [0.25, 0.3) is 0 Å². The minimum absolute atomic E-state index is 0.106. The summed E-state index contributed by atoms with van der Waals surface area (Å²) in [6, 6.07) is 0. The lowest BCUT2D eigenvalue weighted by molar-refractivity contribution is -0.151. The number of hydrogen-bond donors (Lipinski definition) is 1. The maximum absolute atomic E-state index is 14.2. The maximum Gasteiger partial charge on any atom is 0.337 e. The van der Waals surface area contributed by atoms with Crippen molar-refractivity contribution in [1.82, 2.24) is 15.1 Å². The van der Waals surface area contributed by atoms with Crippen LogP contribution in [0.25, 0.3) is 0 Å². The average molecular weight is 764 g/mol. The molecule has 55 heavy (non-hydrogen) atoms. The van der Waals surface area contributed by atoms with Crippen molar-refractivity contribution in [3.63, 3.8) is 0 Å². The second-order valence-electron chi connectivity index (χ2n) is 15.1. The summed E-state index contributed by atoms with van der Waals surface area (Å²) >= 11 is 0. The second kappa shape index (κ2) is 28.6. The number of esters is 3. The van der Waals surface area contributed by atoms with Crippen molar-refractivity contribution in [1.29, 1.82) is 0 Å². The summed E-state index contributed by atoms with van der Waals surface area (Å²) in [5, 5.41) is 3.47. The van der Waals surface area contributed by atoms with Gasteiger partial charge in [0.15, 0.2) is 0 Å². The first-order valence-corrected chi connectivity index (χ1v) is 21.9. The van der Waals surface area contributed by atoms with Gasteiger partial charge in [-0.2, -0.15) is 0 Å². The van der Waals surface area contributed by atoms with E-state index in [0.717, 1.165) is 38.5 Å². The molecule has 0 spiro atoms. The molecule has 3 rings (SSSR count). The van der Waals surface area contributed by atoms with E-state index in [4.69, 9.17) is 14.2 Å². The molecule has 3 aliphatic heterocycles. The Balaban J connectivity index is 1.76. The van der Waals surface area contributed by atoms with Crippen LogP contribution in [0.2, 0.25) is 0 Å². The van der Waals surface area contributed by atoms with E-state index in [9.17, 15) is 14.4 Å². The molecule has 0 aliphatic carbocycles. The molecule has 0 atom stereocenters. The normalized spacial score (nSPS) is 15.5. The van der Waals surface area contributed by atoms with Crippen LogP contribution in [0.5, 0.6) is 0 Å². The smallest absolute Gasteiger partial charge is 0.337 e. The molecular weight excluding hydrogens is 691 g/mol. The lowest BCUT2D eigenvalue weighted by Crippen LogP contribution is -2.44. The van der Waals surface area contributed by atoms with Crippen molar-refractivity contribution in [3.05, 3.63) is 71.4 Å². The third-order valence-electron chi connectivity index (χ3n) is 10.4. The van der Waals surface area contributed by atoms with Gasteiger partial charge in [-0.3, -0.25) is 4.79 Å². The zero-order chi connectivity index (χ0) is 39.4. The molecule has 0 fully saturated rings. The summed E-state index contributed by atoms with van der Waals surface area (Å²) in [6.45, 7) is 8.72. The molecule has 308 valence electrons. The predicted molar refractivity (Wildman–Crippen MR) is 223 cm³/mol. The molecule has 1 N–H and O–H groups in total. The summed E-state index contributed by atoms with van der Waals surface area (Å²) < 4.78 is 17.4. The predicted octanol–water partition coefficient (Wildman–Crippen LogP) is 9.98. The highest BCUT2D eigenvalue weighted by molar-refractivity contribution is 6.05. The fourth-order valence-corrected chi connectivity index (χ4v) is 7.32. The lowest BCUT2D eigenvalue weighted by Gasteiger charge is -2.35. The Kier molecular flexibility index (Phi) is 23.8. The van der Waals surface area contributed by atoms with Gasteiger partial charge in [-0.15, -0.1) is 0 Å². The molecule has 0 aromatic heterocycles.